The zero-order valence-corrected chi connectivity index (χ0v) is 16.1. The molecule has 27 heavy (non-hydrogen) atoms. The van der Waals surface area contributed by atoms with Crippen molar-refractivity contribution >= 4 is 5.96 Å². The van der Waals surface area contributed by atoms with Crippen LogP contribution in [0.15, 0.2) is 29.3 Å². The number of methoxy groups -OCH3 is 1. The molecule has 1 aliphatic heterocycles. The number of halogens is 3. The van der Waals surface area contributed by atoms with Gasteiger partial charge in [0.1, 0.15) is 0 Å². The highest BCUT2D eigenvalue weighted by molar-refractivity contribution is 5.79. The van der Waals surface area contributed by atoms with Gasteiger partial charge in [-0.05, 0) is 50.0 Å². The first kappa shape index (κ1) is 21.5. The fraction of sp³-hybridized carbons (Fsp3) is 0.632. The molecule has 0 radical (unpaired) electrons. The van der Waals surface area contributed by atoms with Gasteiger partial charge in [-0.25, -0.2) is 0 Å². The Morgan fingerprint density at radius 3 is 2.56 bits per heavy atom. The van der Waals surface area contributed by atoms with Gasteiger partial charge in [-0.15, -0.1) is 0 Å². The SMILES string of the molecule is CN=C(NCCOC)NCC1CCCN(C)C1c1ccc(C(F)(F)F)cc1. The van der Waals surface area contributed by atoms with E-state index in [2.05, 4.69) is 20.5 Å². The molecule has 0 bridgehead atoms. The highest BCUT2D eigenvalue weighted by Gasteiger charge is 2.33. The second-order valence-corrected chi connectivity index (χ2v) is 6.82. The van der Waals surface area contributed by atoms with E-state index in [-0.39, 0.29) is 12.0 Å². The van der Waals surface area contributed by atoms with Crippen LogP contribution >= 0.6 is 0 Å². The van der Waals surface area contributed by atoms with Crippen LogP contribution in [0.25, 0.3) is 0 Å². The predicted molar refractivity (Wildman–Crippen MR) is 101 cm³/mol. The molecule has 0 amide bonds. The Kier molecular flexibility index (Phi) is 7.91. The summed E-state index contributed by atoms with van der Waals surface area (Å²) in [6.07, 6.45) is -2.23. The highest BCUT2D eigenvalue weighted by atomic mass is 19.4. The van der Waals surface area contributed by atoms with Crippen LogP contribution in [0, 0.1) is 5.92 Å². The van der Waals surface area contributed by atoms with Crippen molar-refractivity contribution in [1.29, 1.82) is 0 Å². The summed E-state index contributed by atoms with van der Waals surface area (Å²) in [7, 11) is 5.38. The number of aliphatic imine (C=N–C) groups is 1. The van der Waals surface area contributed by atoms with Crippen LogP contribution in [-0.2, 0) is 10.9 Å². The summed E-state index contributed by atoms with van der Waals surface area (Å²) >= 11 is 0. The first-order valence-electron chi connectivity index (χ1n) is 9.17. The van der Waals surface area contributed by atoms with Crippen LogP contribution in [0.2, 0.25) is 0 Å². The molecule has 2 rings (SSSR count). The van der Waals surface area contributed by atoms with Crippen molar-refractivity contribution in [2.45, 2.75) is 25.1 Å². The summed E-state index contributed by atoms with van der Waals surface area (Å²) in [4.78, 5) is 6.42. The maximum absolute atomic E-state index is 12.8. The molecule has 0 aliphatic carbocycles. The topological polar surface area (TPSA) is 48.9 Å². The Bertz CT molecular complexity index is 604. The minimum atomic E-state index is -4.31. The van der Waals surface area contributed by atoms with Crippen molar-refractivity contribution in [3.63, 3.8) is 0 Å². The van der Waals surface area contributed by atoms with Crippen molar-refractivity contribution in [1.82, 2.24) is 15.5 Å². The summed E-state index contributed by atoms with van der Waals surface area (Å²) in [5, 5.41) is 6.51. The van der Waals surface area contributed by atoms with E-state index in [1.165, 1.54) is 12.1 Å². The molecule has 1 saturated heterocycles. The van der Waals surface area contributed by atoms with E-state index in [0.717, 1.165) is 24.9 Å². The number of likely N-dealkylation sites (tertiary alicyclic amines) is 1. The first-order chi connectivity index (χ1) is 12.9. The molecule has 1 aromatic carbocycles. The van der Waals surface area contributed by atoms with E-state index in [1.54, 1.807) is 26.3 Å². The quantitative estimate of drug-likeness (QED) is 0.448. The van der Waals surface area contributed by atoms with Crippen molar-refractivity contribution in [3.8, 4) is 0 Å². The van der Waals surface area contributed by atoms with Crippen LogP contribution in [0.5, 0.6) is 0 Å². The minimum absolute atomic E-state index is 0.0746. The average Bonchev–Trinajstić information content (AvgIpc) is 2.64. The lowest BCUT2D eigenvalue weighted by Gasteiger charge is -2.40. The minimum Gasteiger partial charge on any atom is -0.383 e. The smallest absolute Gasteiger partial charge is 0.383 e. The number of nitrogens with zero attached hydrogens (tertiary/aromatic N) is 2. The van der Waals surface area contributed by atoms with E-state index in [1.807, 2.05) is 7.05 Å². The van der Waals surface area contributed by atoms with Crippen molar-refractivity contribution < 1.29 is 17.9 Å². The number of alkyl halides is 3. The Morgan fingerprint density at radius 2 is 1.96 bits per heavy atom. The highest BCUT2D eigenvalue weighted by Crippen LogP contribution is 2.36. The largest absolute Gasteiger partial charge is 0.416 e. The molecule has 8 heteroatoms. The predicted octanol–water partition coefficient (Wildman–Crippen LogP) is 2.90. The normalized spacial score (nSPS) is 21.9. The zero-order chi connectivity index (χ0) is 19.9. The van der Waals surface area contributed by atoms with Gasteiger partial charge in [-0.3, -0.25) is 9.89 Å². The summed E-state index contributed by atoms with van der Waals surface area (Å²) in [5.74, 6) is 0.980. The lowest BCUT2D eigenvalue weighted by atomic mass is 9.84. The van der Waals surface area contributed by atoms with E-state index in [4.69, 9.17) is 4.74 Å². The summed E-state index contributed by atoms with van der Waals surface area (Å²) < 4.78 is 43.5. The lowest BCUT2D eigenvalue weighted by molar-refractivity contribution is -0.137. The maximum Gasteiger partial charge on any atom is 0.416 e. The molecular weight excluding hydrogens is 357 g/mol. The Hall–Kier alpha value is -1.80. The number of rotatable bonds is 6. The van der Waals surface area contributed by atoms with Crippen LogP contribution in [0.3, 0.4) is 0 Å². The third kappa shape index (κ3) is 6.10. The fourth-order valence-corrected chi connectivity index (χ4v) is 3.59. The average molecular weight is 386 g/mol. The summed E-state index contributed by atoms with van der Waals surface area (Å²) in [5.41, 5.74) is 0.307. The maximum atomic E-state index is 12.8. The molecule has 2 N–H and O–H groups in total. The van der Waals surface area contributed by atoms with Gasteiger partial charge in [0.15, 0.2) is 5.96 Å². The summed E-state index contributed by atoms with van der Waals surface area (Å²) in [6, 6.07) is 5.63. The van der Waals surface area contributed by atoms with Crippen molar-refractivity contribution in [2.24, 2.45) is 10.9 Å². The van der Waals surface area contributed by atoms with Gasteiger partial charge >= 0.3 is 6.18 Å². The molecule has 1 heterocycles. The van der Waals surface area contributed by atoms with Gasteiger partial charge < -0.3 is 15.4 Å². The number of hydrogen-bond acceptors (Lipinski definition) is 3. The van der Waals surface area contributed by atoms with E-state index >= 15 is 0 Å². The molecule has 1 fully saturated rings. The molecular formula is C19H29F3N4O. The molecule has 0 aromatic heterocycles. The third-order valence-electron chi connectivity index (χ3n) is 4.94. The molecule has 2 atom stereocenters. The number of benzene rings is 1. The number of ether oxygens (including phenoxy) is 1. The monoisotopic (exact) mass is 386 g/mol. The van der Waals surface area contributed by atoms with Gasteiger partial charge in [0.05, 0.1) is 12.2 Å². The van der Waals surface area contributed by atoms with Gasteiger partial charge in [0.2, 0.25) is 0 Å². The number of nitrogens with one attached hydrogen (secondary N) is 2. The first-order valence-corrected chi connectivity index (χ1v) is 9.17. The Morgan fingerprint density at radius 1 is 1.26 bits per heavy atom. The van der Waals surface area contributed by atoms with Crippen molar-refractivity contribution in [2.75, 3.05) is 47.4 Å². The van der Waals surface area contributed by atoms with Gasteiger partial charge in [0, 0.05) is 33.3 Å². The molecule has 1 aliphatic rings. The summed E-state index contributed by atoms with van der Waals surface area (Å²) in [6.45, 7) is 2.87. The van der Waals surface area contributed by atoms with Gasteiger partial charge in [-0.1, -0.05) is 12.1 Å². The third-order valence-corrected chi connectivity index (χ3v) is 4.94. The van der Waals surface area contributed by atoms with Crippen LogP contribution in [0.4, 0.5) is 13.2 Å². The zero-order valence-electron chi connectivity index (χ0n) is 16.1. The molecule has 0 spiro atoms. The van der Waals surface area contributed by atoms with Gasteiger partial charge in [-0.2, -0.15) is 13.2 Å². The van der Waals surface area contributed by atoms with Crippen molar-refractivity contribution in [3.05, 3.63) is 35.4 Å². The molecule has 152 valence electrons. The number of piperidine rings is 1. The molecule has 0 saturated carbocycles. The Labute approximate surface area is 159 Å². The standard InChI is InChI=1S/C19H29F3N4O/c1-23-18(24-10-12-27-3)25-13-15-5-4-11-26(2)17(15)14-6-8-16(9-7-14)19(20,21)22/h6-9,15,17H,4-5,10-13H2,1-3H3,(H2,23,24,25). The second-order valence-electron chi connectivity index (χ2n) is 6.82. The van der Waals surface area contributed by atoms with Crippen LogP contribution in [0.1, 0.15) is 30.0 Å². The van der Waals surface area contributed by atoms with Crippen LogP contribution in [-0.4, -0.2) is 58.3 Å². The number of guanidine groups is 1. The Balaban J connectivity index is 2.06. The molecule has 5 nitrogen and oxygen atoms in total. The van der Waals surface area contributed by atoms with E-state index < -0.39 is 11.7 Å². The molecule has 1 aromatic rings. The number of hydrogen-bond donors (Lipinski definition) is 2. The van der Waals surface area contributed by atoms with Crippen LogP contribution < -0.4 is 10.6 Å². The van der Waals surface area contributed by atoms with E-state index in [0.29, 0.717) is 25.7 Å². The van der Waals surface area contributed by atoms with Gasteiger partial charge in [0.25, 0.3) is 0 Å². The molecule has 2 unspecified atom stereocenters. The fourth-order valence-electron chi connectivity index (χ4n) is 3.59. The van der Waals surface area contributed by atoms with E-state index in [9.17, 15) is 13.2 Å². The second kappa shape index (κ2) is 9.94. The lowest BCUT2D eigenvalue weighted by Crippen LogP contribution is -2.45.